The first-order valence-corrected chi connectivity index (χ1v) is 6.84. The molecule has 0 saturated carbocycles. The summed E-state index contributed by atoms with van der Waals surface area (Å²) in [6.07, 6.45) is 1.90. The van der Waals surface area contributed by atoms with Crippen LogP contribution in [0.5, 0.6) is 0 Å². The van der Waals surface area contributed by atoms with Gasteiger partial charge >= 0.3 is 5.97 Å². The molecule has 0 unspecified atom stereocenters. The lowest BCUT2D eigenvalue weighted by molar-refractivity contribution is -0.136. The Hall–Kier alpha value is -1.07. The molecule has 0 amide bonds. The Labute approximate surface area is 111 Å². The normalized spacial score (nSPS) is 10.6. The van der Waals surface area contributed by atoms with Crippen molar-refractivity contribution >= 4 is 44.4 Å². The van der Waals surface area contributed by atoms with E-state index in [2.05, 4.69) is 20.9 Å². The number of carboxylic acids is 1. The van der Waals surface area contributed by atoms with E-state index in [0.29, 0.717) is 5.75 Å². The first kappa shape index (κ1) is 12.4. The van der Waals surface area contributed by atoms with Gasteiger partial charge in [0.25, 0.3) is 0 Å². The van der Waals surface area contributed by atoms with Crippen molar-refractivity contribution < 1.29 is 9.90 Å². The number of hydrogen-bond donors (Lipinski definition) is 1. The number of pyridine rings is 1. The molecule has 0 aliphatic carbocycles. The predicted octanol–water partition coefficient (Wildman–Crippen LogP) is 3.56. The van der Waals surface area contributed by atoms with Crippen molar-refractivity contribution in [1.82, 2.24) is 4.98 Å². The summed E-state index contributed by atoms with van der Waals surface area (Å²) >= 11 is 4.97. The topological polar surface area (TPSA) is 50.2 Å². The fourth-order valence-electron chi connectivity index (χ4n) is 1.49. The second kappa shape index (κ2) is 5.51. The van der Waals surface area contributed by atoms with Gasteiger partial charge in [0, 0.05) is 27.2 Å². The average molecular weight is 312 g/mol. The van der Waals surface area contributed by atoms with E-state index in [4.69, 9.17) is 5.11 Å². The summed E-state index contributed by atoms with van der Waals surface area (Å²) in [7, 11) is 0. The standard InChI is InChI=1S/C12H10BrNO2S/c13-10-3-1-2-9-8(10)4-6-14-12(9)17-7-5-11(15)16/h1-4,6H,5,7H2,(H,15,16). The molecule has 1 heterocycles. The monoisotopic (exact) mass is 311 g/mol. The van der Waals surface area contributed by atoms with Gasteiger partial charge in [-0.25, -0.2) is 4.98 Å². The van der Waals surface area contributed by atoms with Crippen LogP contribution in [0.25, 0.3) is 10.8 Å². The first-order chi connectivity index (χ1) is 8.18. The van der Waals surface area contributed by atoms with E-state index >= 15 is 0 Å². The zero-order valence-corrected chi connectivity index (χ0v) is 11.3. The lowest BCUT2D eigenvalue weighted by atomic mass is 10.2. The molecule has 1 N–H and O–H groups in total. The van der Waals surface area contributed by atoms with E-state index in [1.165, 1.54) is 11.8 Å². The van der Waals surface area contributed by atoms with Crippen LogP contribution in [0, 0.1) is 0 Å². The second-order valence-electron chi connectivity index (χ2n) is 3.44. The van der Waals surface area contributed by atoms with E-state index in [9.17, 15) is 4.79 Å². The molecule has 2 aromatic rings. The van der Waals surface area contributed by atoms with Gasteiger partial charge in [-0.2, -0.15) is 0 Å². The highest BCUT2D eigenvalue weighted by molar-refractivity contribution is 9.10. The Kier molecular flexibility index (Phi) is 4.02. The number of carbonyl (C=O) groups is 1. The molecule has 0 aliphatic rings. The minimum absolute atomic E-state index is 0.150. The zero-order valence-electron chi connectivity index (χ0n) is 8.89. The highest BCUT2D eigenvalue weighted by Crippen LogP contribution is 2.30. The van der Waals surface area contributed by atoms with Gasteiger partial charge in [-0.05, 0) is 12.1 Å². The van der Waals surface area contributed by atoms with Crippen LogP contribution in [0.2, 0.25) is 0 Å². The number of halogens is 1. The number of aliphatic carboxylic acids is 1. The molecule has 0 bridgehead atoms. The molecule has 17 heavy (non-hydrogen) atoms. The van der Waals surface area contributed by atoms with Crippen molar-refractivity contribution in [2.75, 3.05) is 5.75 Å². The summed E-state index contributed by atoms with van der Waals surface area (Å²) in [5, 5.41) is 11.6. The summed E-state index contributed by atoms with van der Waals surface area (Å²) in [5.41, 5.74) is 0. The third kappa shape index (κ3) is 2.98. The highest BCUT2D eigenvalue weighted by Gasteiger charge is 2.06. The summed E-state index contributed by atoms with van der Waals surface area (Å²) in [5.74, 6) is -0.243. The van der Waals surface area contributed by atoms with Crippen molar-refractivity contribution in [3.63, 3.8) is 0 Å². The van der Waals surface area contributed by atoms with Gasteiger partial charge < -0.3 is 5.11 Å². The molecule has 0 spiro atoms. The molecular weight excluding hydrogens is 302 g/mol. The van der Waals surface area contributed by atoms with Crippen LogP contribution >= 0.6 is 27.7 Å². The van der Waals surface area contributed by atoms with Gasteiger partial charge in [-0.3, -0.25) is 4.79 Å². The third-order valence-electron chi connectivity index (χ3n) is 2.27. The van der Waals surface area contributed by atoms with Crippen molar-refractivity contribution in [1.29, 1.82) is 0 Å². The fraction of sp³-hybridized carbons (Fsp3) is 0.167. The van der Waals surface area contributed by atoms with Gasteiger partial charge in [0.2, 0.25) is 0 Å². The second-order valence-corrected chi connectivity index (χ2v) is 5.38. The third-order valence-corrected chi connectivity index (χ3v) is 3.97. The molecule has 3 nitrogen and oxygen atoms in total. The van der Waals surface area contributed by atoms with Crippen molar-refractivity contribution in [2.45, 2.75) is 11.4 Å². The minimum atomic E-state index is -0.779. The number of benzene rings is 1. The van der Waals surface area contributed by atoms with Crippen LogP contribution in [0.3, 0.4) is 0 Å². The summed E-state index contributed by atoms with van der Waals surface area (Å²) in [4.78, 5) is 14.8. The zero-order chi connectivity index (χ0) is 12.3. The van der Waals surface area contributed by atoms with Crippen LogP contribution < -0.4 is 0 Å². The number of carboxylic acid groups (broad SMARTS) is 1. The molecule has 88 valence electrons. The van der Waals surface area contributed by atoms with E-state index in [-0.39, 0.29) is 6.42 Å². The van der Waals surface area contributed by atoms with Gasteiger partial charge in [-0.15, -0.1) is 11.8 Å². The molecule has 1 aromatic heterocycles. The van der Waals surface area contributed by atoms with Crippen LogP contribution in [0.4, 0.5) is 0 Å². The Bertz CT molecular complexity index is 559. The van der Waals surface area contributed by atoms with Crippen LogP contribution in [-0.4, -0.2) is 21.8 Å². The summed E-state index contributed by atoms with van der Waals surface area (Å²) < 4.78 is 1.03. The lowest BCUT2D eigenvalue weighted by Crippen LogP contribution is -1.96. The molecule has 0 atom stereocenters. The Morgan fingerprint density at radius 3 is 2.94 bits per heavy atom. The van der Waals surface area contributed by atoms with Gasteiger partial charge in [0.15, 0.2) is 0 Å². The Morgan fingerprint density at radius 2 is 2.18 bits per heavy atom. The summed E-state index contributed by atoms with van der Waals surface area (Å²) in [6, 6.07) is 7.88. The smallest absolute Gasteiger partial charge is 0.304 e. The van der Waals surface area contributed by atoms with Crippen molar-refractivity contribution in [2.24, 2.45) is 0 Å². The molecule has 0 fully saturated rings. The van der Waals surface area contributed by atoms with Crippen LogP contribution in [0.15, 0.2) is 40.0 Å². The number of rotatable bonds is 4. The van der Waals surface area contributed by atoms with Crippen molar-refractivity contribution in [3.8, 4) is 0 Å². The number of thioether (sulfide) groups is 1. The molecule has 0 radical (unpaired) electrons. The lowest BCUT2D eigenvalue weighted by Gasteiger charge is -2.05. The SMILES string of the molecule is O=C(O)CCSc1nccc2c(Br)cccc12. The number of fused-ring (bicyclic) bond motifs is 1. The maximum Gasteiger partial charge on any atom is 0.304 e. The van der Waals surface area contributed by atoms with Gasteiger partial charge in [-0.1, -0.05) is 28.1 Å². The van der Waals surface area contributed by atoms with Crippen LogP contribution in [0.1, 0.15) is 6.42 Å². The Morgan fingerprint density at radius 1 is 1.35 bits per heavy atom. The highest BCUT2D eigenvalue weighted by atomic mass is 79.9. The molecule has 5 heteroatoms. The van der Waals surface area contributed by atoms with E-state index < -0.39 is 5.97 Å². The largest absolute Gasteiger partial charge is 0.481 e. The number of hydrogen-bond acceptors (Lipinski definition) is 3. The number of aromatic nitrogens is 1. The maximum atomic E-state index is 10.5. The van der Waals surface area contributed by atoms with Crippen molar-refractivity contribution in [3.05, 3.63) is 34.9 Å². The molecule has 1 aromatic carbocycles. The quantitative estimate of drug-likeness (QED) is 0.877. The van der Waals surface area contributed by atoms with Crippen LogP contribution in [-0.2, 0) is 4.79 Å². The Balaban J connectivity index is 2.28. The molecule has 0 saturated heterocycles. The van der Waals surface area contributed by atoms with Gasteiger partial charge in [0.1, 0.15) is 5.03 Å². The van der Waals surface area contributed by atoms with Gasteiger partial charge in [0.05, 0.1) is 6.42 Å². The fourth-order valence-corrected chi connectivity index (χ4v) is 2.93. The molecule has 2 rings (SSSR count). The first-order valence-electron chi connectivity index (χ1n) is 5.06. The van der Waals surface area contributed by atoms with E-state index in [1.807, 2.05) is 24.3 Å². The minimum Gasteiger partial charge on any atom is -0.481 e. The average Bonchev–Trinajstić information content (AvgIpc) is 2.30. The molecular formula is C12H10BrNO2S. The van der Waals surface area contributed by atoms with E-state index in [0.717, 1.165) is 20.3 Å². The summed E-state index contributed by atoms with van der Waals surface area (Å²) in [6.45, 7) is 0. The predicted molar refractivity (Wildman–Crippen MR) is 72.4 cm³/mol. The number of nitrogens with zero attached hydrogens (tertiary/aromatic N) is 1. The maximum absolute atomic E-state index is 10.5. The van der Waals surface area contributed by atoms with E-state index in [1.54, 1.807) is 6.20 Å². The molecule has 0 aliphatic heterocycles.